The number of rotatable bonds is 7. The summed E-state index contributed by atoms with van der Waals surface area (Å²) in [4.78, 5) is 36.8. The van der Waals surface area contributed by atoms with Gasteiger partial charge in [-0.2, -0.15) is 11.8 Å². The molecule has 0 radical (unpaired) electrons. The molecule has 164 valence electrons. The number of nitrogens with one attached hydrogen (secondary N) is 1. The SMILES string of the molecule is CCc1cc(=O)oc2c(C)c(OC(=O)[C@@H](CCSC)NC(=O)OC(C)(C)C)ccc12. The fraction of sp³-hybridized carbons (Fsp3) is 0.500. The van der Waals surface area contributed by atoms with Gasteiger partial charge in [-0.25, -0.2) is 14.4 Å². The third kappa shape index (κ3) is 6.26. The molecule has 0 aliphatic carbocycles. The first kappa shape index (κ1) is 23.8. The van der Waals surface area contributed by atoms with Crippen molar-refractivity contribution in [2.75, 3.05) is 12.0 Å². The van der Waals surface area contributed by atoms with Crippen molar-refractivity contribution in [2.45, 2.75) is 59.1 Å². The van der Waals surface area contributed by atoms with Crippen LogP contribution in [0.25, 0.3) is 11.0 Å². The zero-order chi connectivity index (χ0) is 22.5. The maximum atomic E-state index is 12.8. The Hall–Kier alpha value is -2.48. The van der Waals surface area contributed by atoms with Crippen LogP contribution in [0.5, 0.6) is 5.75 Å². The molecule has 2 rings (SSSR count). The Kier molecular flexibility index (Phi) is 7.95. The number of fused-ring (bicyclic) bond motifs is 1. The Bertz CT molecular complexity index is 976. The molecule has 0 unspecified atom stereocenters. The zero-order valence-corrected chi connectivity index (χ0v) is 19.1. The van der Waals surface area contributed by atoms with E-state index in [9.17, 15) is 14.4 Å². The van der Waals surface area contributed by atoms with Crippen LogP contribution in [0, 0.1) is 6.92 Å². The number of esters is 1. The van der Waals surface area contributed by atoms with Crippen LogP contribution in [0.2, 0.25) is 0 Å². The average molecular weight is 436 g/mol. The van der Waals surface area contributed by atoms with Gasteiger partial charge < -0.3 is 19.2 Å². The molecule has 0 saturated heterocycles. The van der Waals surface area contributed by atoms with Crippen LogP contribution in [0.3, 0.4) is 0 Å². The van der Waals surface area contributed by atoms with Crippen LogP contribution in [-0.2, 0) is 16.0 Å². The van der Waals surface area contributed by atoms with Crippen LogP contribution < -0.4 is 15.7 Å². The molecule has 1 amide bonds. The van der Waals surface area contributed by atoms with Crippen molar-refractivity contribution in [3.63, 3.8) is 0 Å². The number of carbonyl (C=O) groups is 2. The lowest BCUT2D eigenvalue weighted by molar-refractivity contribution is -0.136. The Balaban J connectivity index is 2.27. The van der Waals surface area contributed by atoms with Crippen molar-refractivity contribution in [2.24, 2.45) is 0 Å². The molecular weight excluding hydrogens is 406 g/mol. The van der Waals surface area contributed by atoms with Crippen LogP contribution >= 0.6 is 11.8 Å². The molecular formula is C22H29NO6S. The number of alkyl carbamates (subject to hydrolysis) is 1. The fourth-order valence-electron chi connectivity index (χ4n) is 2.93. The van der Waals surface area contributed by atoms with Gasteiger partial charge in [0.2, 0.25) is 0 Å². The van der Waals surface area contributed by atoms with Crippen molar-refractivity contribution < 1.29 is 23.5 Å². The van der Waals surface area contributed by atoms with E-state index in [1.807, 2.05) is 13.2 Å². The second-order valence-corrected chi connectivity index (χ2v) is 8.90. The fourth-order valence-corrected chi connectivity index (χ4v) is 3.40. The summed E-state index contributed by atoms with van der Waals surface area (Å²) in [5.74, 6) is 0.330. The van der Waals surface area contributed by atoms with Crippen LogP contribution in [0.1, 0.15) is 45.2 Å². The number of benzene rings is 1. The van der Waals surface area contributed by atoms with Crippen molar-refractivity contribution >= 4 is 34.8 Å². The lowest BCUT2D eigenvalue weighted by Gasteiger charge is -2.23. The number of carbonyl (C=O) groups excluding carboxylic acids is 2. The minimum Gasteiger partial charge on any atom is -0.444 e. The van der Waals surface area contributed by atoms with Crippen LogP contribution in [0.15, 0.2) is 27.4 Å². The standard InChI is InChI=1S/C22H29NO6S/c1-7-14-12-18(24)28-19-13(2)17(9-8-15(14)19)27-20(25)16(10-11-30-6)23-21(26)29-22(3,4)5/h8-9,12,16H,7,10-11H2,1-6H3,(H,23,26)/t16-/m1/s1. The van der Waals surface area contributed by atoms with Crippen molar-refractivity contribution in [1.29, 1.82) is 0 Å². The lowest BCUT2D eigenvalue weighted by atomic mass is 10.0. The molecule has 2 aromatic rings. The van der Waals surface area contributed by atoms with E-state index in [2.05, 4.69) is 5.32 Å². The van der Waals surface area contributed by atoms with Gasteiger partial charge >= 0.3 is 17.7 Å². The highest BCUT2D eigenvalue weighted by Gasteiger charge is 2.26. The van der Waals surface area contributed by atoms with Gasteiger partial charge in [-0.3, -0.25) is 0 Å². The summed E-state index contributed by atoms with van der Waals surface area (Å²) >= 11 is 1.55. The van der Waals surface area contributed by atoms with Crippen molar-refractivity contribution in [3.05, 3.63) is 39.7 Å². The number of hydrogen-bond donors (Lipinski definition) is 1. The van der Waals surface area contributed by atoms with E-state index in [1.54, 1.807) is 51.6 Å². The first-order valence-corrected chi connectivity index (χ1v) is 11.2. The van der Waals surface area contributed by atoms with Gasteiger partial charge in [0, 0.05) is 17.0 Å². The van der Waals surface area contributed by atoms with Gasteiger partial charge in [0.05, 0.1) is 0 Å². The predicted molar refractivity (Wildman–Crippen MR) is 118 cm³/mol. The third-order valence-electron chi connectivity index (χ3n) is 4.37. The number of thioether (sulfide) groups is 1. The molecule has 1 N–H and O–H groups in total. The molecule has 0 aliphatic heterocycles. The maximum absolute atomic E-state index is 12.8. The molecule has 0 fully saturated rings. The Morgan fingerprint density at radius 1 is 1.27 bits per heavy atom. The molecule has 1 atom stereocenters. The predicted octanol–water partition coefficient (Wildman–Crippen LogP) is 4.22. The summed E-state index contributed by atoms with van der Waals surface area (Å²) in [5.41, 5.74) is 0.684. The quantitative estimate of drug-likeness (QED) is 0.395. The Morgan fingerprint density at radius 3 is 2.57 bits per heavy atom. The van der Waals surface area contributed by atoms with Crippen molar-refractivity contribution in [3.8, 4) is 5.75 Å². The molecule has 8 heteroatoms. The summed E-state index contributed by atoms with van der Waals surface area (Å²) < 4.78 is 16.2. The van der Waals surface area contributed by atoms with E-state index < -0.39 is 29.3 Å². The minimum atomic E-state index is -0.864. The van der Waals surface area contributed by atoms with Gasteiger partial charge in [0.25, 0.3) is 0 Å². The topological polar surface area (TPSA) is 94.8 Å². The summed E-state index contributed by atoms with van der Waals surface area (Å²) in [6.45, 7) is 8.93. The maximum Gasteiger partial charge on any atom is 0.408 e. The van der Waals surface area contributed by atoms with Gasteiger partial charge in [-0.1, -0.05) is 6.92 Å². The van der Waals surface area contributed by atoms with E-state index in [0.29, 0.717) is 29.7 Å². The first-order valence-electron chi connectivity index (χ1n) is 9.82. The smallest absolute Gasteiger partial charge is 0.408 e. The largest absolute Gasteiger partial charge is 0.444 e. The summed E-state index contributed by atoms with van der Waals surface area (Å²) in [7, 11) is 0. The minimum absolute atomic E-state index is 0.282. The highest BCUT2D eigenvalue weighted by atomic mass is 32.2. The molecule has 0 saturated carbocycles. The highest BCUT2D eigenvalue weighted by molar-refractivity contribution is 7.98. The number of amides is 1. The summed E-state index contributed by atoms with van der Waals surface area (Å²) in [6.07, 6.45) is 2.30. The molecule has 0 bridgehead atoms. The van der Waals surface area contributed by atoms with Crippen LogP contribution in [-0.4, -0.2) is 35.7 Å². The van der Waals surface area contributed by atoms with E-state index in [1.165, 1.54) is 6.07 Å². The van der Waals surface area contributed by atoms with Gasteiger partial charge in [0.15, 0.2) is 0 Å². The third-order valence-corrected chi connectivity index (χ3v) is 5.02. The Labute approximate surface area is 180 Å². The normalized spacial score (nSPS) is 12.5. The van der Waals surface area contributed by atoms with E-state index in [0.717, 1.165) is 10.9 Å². The molecule has 0 aliphatic rings. The molecule has 7 nitrogen and oxygen atoms in total. The second kappa shape index (κ2) is 10.0. The summed E-state index contributed by atoms with van der Waals surface area (Å²) in [6, 6.07) is 4.05. The molecule has 30 heavy (non-hydrogen) atoms. The molecule has 1 heterocycles. The molecule has 1 aromatic carbocycles. The van der Waals surface area contributed by atoms with Crippen molar-refractivity contribution in [1.82, 2.24) is 5.32 Å². The number of ether oxygens (including phenoxy) is 2. The zero-order valence-electron chi connectivity index (χ0n) is 18.3. The van der Waals surface area contributed by atoms with E-state index >= 15 is 0 Å². The first-order chi connectivity index (χ1) is 14.1. The number of aryl methyl sites for hydroxylation is 2. The highest BCUT2D eigenvalue weighted by Crippen LogP contribution is 2.29. The molecule has 1 aromatic heterocycles. The molecule has 0 spiro atoms. The van der Waals surface area contributed by atoms with Crippen LogP contribution in [0.4, 0.5) is 4.79 Å². The monoisotopic (exact) mass is 435 g/mol. The Morgan fingerprint density at radius 2 is 1.97 bits per heavy atom. The average Bonchev–Trinajstić information content (AvgIpc) is 2.65. The van der Waals surface area contributed by atoms with E-state index in [-0.39, 0.29) is 5.75 Å². The number of hydrogen-bond acceptors (Lipinski definition) is 7. The summed E-state index contributed by atoms with van der Waals surface area (Å²) in [5, 5.41) is 3.40. The van der Waals surface area contributed by atoms with Gasteiger partial charge in [-0.15, -0.1) is 0 Å². The van der Waals surface area contributed by atoms with E-state index in [4.69, 9.17) is 13.9 Å². The van der Waals surface area contributed by atoms with Gasteiger partial charge in [-0.05, 0) is 70.2 Å². The van der Waals surface area contributed by atoms with Gasteiger partial charge in [0.1, 0.15) is 23.0 Å². The second-order valence-electron chi connectivity index (χ2n) is 7.91. The lowest BCUT2D eigenvalue weighted by Crippen LogP contribution is -2.45.